The number of methoxy groups -OCH3 is 1. The summed E-state index contributed by atoms with van der Waals surface area (Å²) in [4.78, 5) is 4.01. The smallest absolute Gasteiger partial charge is 0.144 e. The Bertz CT molecular complexity index is 308. The lowest BCUT2D eigenvalue weighted by molar-refractivity contribution is 0.416. The number of ether oxygens (including phenoxy) is 1. The van der Waals surface area contributed by atoms with Crippen molar-refractivity contribution >= 4 is 12.0 Å². The van der Waals surface area contributed by atoms with E-state index in [0.29, 0.717) is 0 Å². The van der Waals surface area contributed by atoms with Crippen LogP contribution in [-0.2, 0) is 6.42 Å². The van der Waals surface area contributed by atoms with Gasteiger partial charge in [-0.15, -0.1) is 0 Å². The van der Waals surface area contributed by atoms with Gasteiger partial charge >= 0.3 is 0 Å². The Balaban J connectivity index is 3.09. The normalized spacial score (nSPS) is 10.6. The van der Waals surface area contributed by atoms with Gasteiger partial charge in [-0.25, -0.2) is 4.99 Å². The minimum Gasteiger partial charge on any atom is -0.494 e. The van der Waals surface area contributed by atoms with Crippen LogP contribution in [0.25, 0.3) is 0 Å². The zero-order valence-corrected chi connectivity index (χ0v) is 7.95. The molecule has 0 aliphatic heterocycles. The molecular formula is C10H14N2O. The maximum atomic E-state index is 5.23. The van der Waals surface area contributed by atoms with Crippen LogP contribution in [0.15, 0.2) is 23.2 Å². The highest BCUT2D eigenvalue weighted by atomic mass is 16.5. The van der Waals surface area contributed by atoms with E-state index in [-0.39, 0.29) is 0 Å². The highest BCUT2D eigenvalue weighted by Crippen LogP contribution is 2.27. The molecule has 0 saturated carbocycles. The van der Waals surface area contributed by atoms with Crippen LogP contribution in [0.1, 0.15) is 12.5 Å². The zero-order valence-electron chi connectivity index (χ0n) is 7.95. The van der Waals surface area contributed by atoms with Crippen LogP contribution in [-0.4, -0.2) is 13.4 Å². The Hall–Kier alpha value is -1.51. The first-order valence-corrected chi connectivity index (χ1v) is 4.23. The van der Waals surface area contributed by atoms with Gasteiger partial charge in [0.15, 0.2) is 0 Å². The van der Waals surface area contributed by atoms with Crippen molar-refractivity contribution in [2.75, 3.05) is 7.11 Å². The molecule has 3 nitrogen and oxygen atoms in total. The second-order valence-electron chi connectivity index (χ2n) is 2.64. The molecule has 0 aromatic heterocycles. The molecule has 0 heterocycles. The molecule has 70 valence electrons. The van der Waals surface area contributed by atoms with E-state index in [9.17, 15) is 0 Å². The van der Waals surface area contributed by atoms with E-state index in [4.69, 9.17) is 10.5 Å². The van der Waals surface area contributed by atoms with Crippen molar-refractivity contribution in [3.05, 3.63) is 23.8 Å². The minimum absolute atomic E-state index is 0.749. The fraction of sp³-hybridized carbons (Fsp3) is 0.300. The van der Waals surface area contributed by atoms with E-state index in [1.807, 2.05) is 18.2 Å². The Morgan fingerprint density at radius 3 is 2.85 bits per heavy atom. The molecule has 0 aliphatic rings. The fourth-order valence-electron chi connectivity index (χ4n) is 1.14. The molecule has 1 aromatic carbocycles. The average molecular weight is 178 g/mol. The fourth-order valence-corrected chi connectivity index (χ4v) is 1.14. The number of nitrogens with zero attached hydrogens (tertiary/aromatic N) is 1. The summed E-state index contributed by atoms with van der Waals surface area (Å²) in [6, 6.07) is 5.90. The Labute approximate surface area is 78.2 Å². The van der Waals surface area contributed by atoms with Crippen molar-refractivity contribution in [3.8, 4) is 5.75 Å². The standard InChI is InChI=1S/C10H14N2O/c1-3-8-4-5-10(13-2)9(6-8)12-7-11/h4-7H,3H2,1-2H3,(H2,11,12). The molecule has 3 heteroatoms. The maximum Gasteiger partial charge on any atom is 0.144 e. The maximum absolute atomic E-state index is 5.23. The largest absolute Gasteiger partial charge is 0.494 e. The SMILES string of the molecule is CCc1ccc(OC)c(N=CN)c1. The Morgan fingerprint density at radius 2 is 2.31 bits per heavy atom. The molecule has 0 unspecified atom stereocenters. The van der Waals surface area contributed by atoms with E-state index in [2.05, 4.69) is 11.9 Å². The van der Waals surface area contributed by atoms with Crippen LogP contribution in [0, 0.1) is 0 Å². The predicted octanol–water partition coefficient (Wildman–Crippen LogP) is 1.88. The Kier molecular flexibility index (Phi) is 3.31. The van der Waals surface area contributed by atoms with Gasteiger partial charge in [-0.3, -0.25) is 0 Å². The lowest BCUT2D eigenvalue weighted by atomic mass is 10.1. The van der Waals surface area contributed by atoms with Crippen molar-refractivity contribution < 1.29 is 4.74 Å². The van der Waals surface area contributed by atoms with Crippen molar-refractivity contribution in [3.63, 3.8) is 0 Å². The van der Waals surface area contributed by atoms with Gasteiger partial charge in [0.1, 0.15) is 11.4 Å². The summed E-state index contributed by atoms with van der Waals surface area (Å²) in [6.45, 7) is 2.09. The molecule has 0 atom stereocenters. The van der Waals surface area contributed by atoms with Gasteiger partial charge in [0.2, 0.25) is 0 Å². The van der Waals surface area contributed by atoms with Crippen molar-refractivity contribution in [2.24, 2.45) is 10.7 Å². The number of benzene rings is 1. The van der Waals surface area contributed by atoms with E-state index in [1.165, 1.54) is 11.9 Å². The zero-order chi connectivity index (χ0) is 9.68. The highest BCUT2D eigenvalue weighted by molar-refractivity contribution is 5.64. The number of rotatable bonds is 3. The van der Waals surface area contributed by atoms with Gasteiger partial charge in [0, 0.05) is 0 Å². The van der Waals surface area contributed by atoms with Crippen molar-refractivity contribution in [1.82, 2.24) is 0 Å². The van der Waals surface area contributed by atoms with E-state index in [0.717, 1.165) is 17.9 Å². The number of hydrogen-bond donors (Lipinski definition) is 1. The number of hydrogen-bond acceptors (Lipinski definition) is 2. The summed E-state index contributed by atoms with van der Waals surface area (Å²) in [5, 5.41) is 0. The van der Waals surface area contributed by atoms with Crippen LogP contribution >= 0.6 is 0 Å². The molecule has 0 bridgehead atoms. The first kappa shape index (κ1) is 9.58. The second-order valence-corrected chi connectivity index (χ2v) is 2.64. The van der Waals surface area contributed by atoms with E-state index in [1.54, 1.807) is 7.11 Å². The lowest BCUT2D eigenvalue weighted by Crippen LogP contribution is -1.90. The third-order valence-electron chi connectivity index (χ3n) is 1.87. The van der Waals surface area contributed by atoms with Crippen molar-refractivity contribution in [1.29, 1.82) is 0 Å². The lowest BCUT2D eigenvalue weighted by Gasteiger charge is -2.05. The number of aryl methyl sites for hydroxylation is 1. The third kappa shape index (κ3) is 2.21. The summed E-state index contributed by atoms with van der Waals surface area (Å²) < 4.78 is 5.13. The summed E-state index contributed by atoms with van der Waals surface area (Å²) in [6.07, 6.45) is 2.26. The Morgan fingerprint density at radius 1 is 1.54 bits per heavy atom. The van der Waals surface area contributed by atoms with Gasteiger partial charge < -0.3 is 10.5 Å². The molecule has 0 fully saturated rings. The van der Waals surface area contributed by atoms with Gasteiger partial charge in [0.25, 0.3) is 0 Å². The van der Waals surface area contributed by atoms with Gasteiger partial charge in [-0.05, 0) is 24.1 Å². The van der Waals surface area contributed by atoms with Crippen LogP contribution < -0.4 is 10.5 Å². The van der Waals surface area contributed by atoms with Gasteiger partial charge in [-0.1, -0.05) is 13.0 Å². The summed E-state index contributed by atoms with van der Waals surface area (Å²) in [5.41, 5.74) is 7.23. The van der Waals surface area contributed by atoms with E-state index >= 15 is 0 Å². The van der Waals surface area contributed by atoms with Crippen LogP contribution in [0.5, 0.6) is 5.75 Å². The summed E-state index contributed by atoms with van der Waals surface area (Å²) in [5.74, 6) is 0.749. The summed E-state index contributed by atoms with van der Waals surface area (Å²) >= 11 is 0. The molecule has 0 saturated heterocycles. The summed E-state index contributed by atoms with van der Waals surface area (Å²) in [7, 11) is 1.62. The predicted molar refractivity (Wildman–Crippen MR) is 54.7 cm³/mol. The molecule has 1 rings (SSSR count). The third-order valence-corrected chi connectivity index (χ3v) is 1.87. The van der Waals surface area contributed by atoms with Crippen LogP contribution in [0.3, 0.4) is 0 Å². The topological polar surface area (TPSA) is 47.6 Å². The van der Waals surface area contributed by atoms with E-state index < -0.39 is 0 Å². The monoisotopic (exact) mass is 178 g/mol. The molecule has 0 spiro atoms. The second kappa shape index (κ2) is 4.50. The molecule has 13 heavy (non-hydrogen) atoms. The quantitative estimate of drug-likeness (QED) is 0.567. The van der Waals surface area contributed by atoms with Gasteiger partial charge in [0.05, 0.1) is 13.4 Å². The molecule has 1 aromatic rings. The van der Waals surface area contributed by atoms with Crippen molar-refractivity contribution in [2.45, 2.75) is 13.3 Å². The van der Waals surface area contributed by atoms with Gasteiger partial charge in [-0.2, -0.15) is 0 Å². The highest BCUT2D eigenvalue weighted by Gasteiger charge is 2.00. The number of nitrogens with two attached hydrogens (primary N) is 1. The first-order chi connectivity index (χ1) is 6.31. The number of aliphatic imine (C=N–C) groups is 1. The van der Waals surface area contributed by atoms with Crippen LogP contribution in [0.2, 0.25) is 0 Å². The molecule has 0 radical (unpaired) electrons. The van der Waals surface area contributed by atoms with Crippen LogP contribution in [0.4, 0.5) is 5.69 Å². The molecule has 0 aliphatic carbocycles. The molecule has 2 N–H and O–H groups in total. The first-order valence-electron chi connectivity index (χ1n) is 4.23. The molecule has 0 amide bonds. The average Bonchev–Trinajstić information content (AvgIpc) is 2.18. The minimum atomic E-state index is 0.749. The molecular weight excluding hydrogens is 164 g/mol.